The Morgan fingerprint density at radius 3 is 3.50 bits per heavy atom. The topological polar surface area (TPSA) is 15.3 Å². The van der Waals surface area contributed by atoms with Crippen LogP contribution in [0.2, 0.25) is 1.41 Å². The van der Waals surface area contributed by atoms with Gasteiger partial charge in [0.15, 0.2) is 0 Å². The smallest absolute Gasteiger partial charge is 0.122 e. The number of hydrogen-bond donors (Lipinski definition) is 1. The summed E-state index contributed by atoms with van der Waals surface area (Å²) in [5.74, 6) is 0. The van der Waals surface area contributed by atoms with E-state index in [1.54, 1.807) is 0 Å². The van der Waals surface area contributed by atoms with Gasteiger partial charge in [0.05, 0.1) is 0 Å². The number of rotatable bonds is 1. The molecule has 1 N–H and O–H groups in total. The van der Waals surface area contributed by atoms with Crippen molar-refractivity contribution in [2.45, 2.75) is 6.92 Å². The average Bonchev–Trinajstić information content (AvgIpc) is 2.13. The molecule has 0 aromatic rings. The number of likely N-dealkylation sites (N-methyl/N-ethyl adjacent to an activating group) is 1. The second-order valence-corrected chi connectivity index (χ2v) is 1.36. The summed E-state index contributed by atoms with van der Waals surface area (Å²) in [6.07, 6.45) is 0. The fourth-order valence-corrected chi connectivity index (χ4v) is 0.423. The summed E-state index contributed by atoms with van der Waals surface area (Å²) >= 11 is 0. The zero-order chi connectivity index (χ0) is 12.9. The van der Waals surface area contributed by atoms with Crippen LogP contribution in [0.15, 0.2) is 0 Å². The van der Waals surface area contributed by atoms with Crippen molar-refractivity contribution in [3.8, 4) is 0 Å². The normalized spacial score (nSPS) is 68.9. The van der Waals surface area contributed by atoms with Crippen molar-refractivity contribution >= 4 is 0 Å². The van der Waals surface area contributed by atoms with Crippen LogP contribution in [0.1, 0.15) is 16.5 Å². The molecule has 1 fully saturated rings. The molecular formula is C6H14N2. The second kappa shape index (κ2) is 3.05. The largest absolute Gasteiger partial charge is 0.314 e. The third kappa shape index (κ3) is 1.46. The van der Waals surface area contributed by atoms with E-state index in [9.17, 15) is 0 Å². The van der Waals surface area contributed by atoms with E-state index < -0.39 is 26.0 Å². The molecule has 1 aliphatic rings. The van der Waals surface area contributed by atoms with Gasteiger partial charge >= 0.3 is 0 Å². The van der Waals surface area contributed by atoms with Crippen molar-refractivity contribution in [2.75, 3.05) is 32.6 Å². The molecule has 1 heterocycles. The lowest BCUT2D eigenvalue weighted by Crippen LogP contribution is -2.43. The molecule has 1 unspecified atom stereocenters. The zero-order valence-corrected chi connectivity index (χ0v) is 4.68. The van der Waals surface area contributed by atoms with Gasteiger partial charge in [0.2, 0.25) is 0 Å². The van der Waals surface area contributed by atoms with Crippen molar-refractivity contribution in [1.29, 1.82) is 0 Å². The lowest BCUT2D eigenvalue weighted by atomic mass is 10.4. The zero-order valence-electron chi connectivity index (χ0n) is 12.7. The van der Waals surface area contributed by atoms with E-state index in [4.69, 9.17) is 11.0 Å². The Balaban J connectivity index is 3.28. The fraction of sp³-hybridized carbons (Fsp3) is 1.00. The van der Waals surface area contributed by atoms with E-state index in [0.717, 1.165) is 0 Å². The molecule has 48 valence electrons. The van der Waals surface area contributed by atoms with Crippen molar-refractivity contribution in [3.63, 3.8) is 0 Å². The molecule has 0 aromatic carbocycles. The van der Waals surface area contributed by atoms with Crippen LogP contribution in [0.3, 0.4) is 0 Å². The minimum Gasteiger partial charge on any atom is -0.314 e. The predicted molar refractivity (Wildman–Crippen MR) is 35.0 cm³/mol. The van der Waals surface area contributed by atoms with Gasteiger partial charge in [-0.2, -0.15) is 0 Å². The van der Waals surface area contributed by atoms with Gasteiger partial charge in [-0.1, -0.05) is 6.92 Å². The Morgan fingerprint density at radius 2 is 2.75 bits per heavy atom. The Morgan fingerprint density at radius 1 is 1.88 bits per heavy atom. The standard InChI is InChI=1S/C6H14N2/c1-2-8-5-3-7-4-6-8/h7H,2-6H2,1H3/i3D,4D2,5D2,6D2/hD. The maximum Gasteiger partial charge on any atom is 0.122 e. The van der Waals surface area contributed by atoms with E-state index in [1.165, 1.54) is 6.92 Å². The summed E-state index contributed by atoms with van der Waals surface area (Å²) in [6.45, 7) is -8.20. The van der Waals surface area contributed by atoms with Gasteiger partial charge < -0.3 is 10.2 Å². The number of nitrogens with one attached hydrogen (secondary N) is 1. The molecule has 0 amide bonds. The van der Waals surface area contributed by atoms with Crippen molar-refractivity contribution in [1.82, 2.24) is 10.2 Å². The van der Waals surface area contributed by atoms with E-state index in [2.05, 4.69) is 0 Å². The highest BCUT2D eigenvalue weighted by Gasteiger charge is 2.04. The van der Waals surface area contributed by atoms with Crippen LogP contribution in [0, 0.1) is 0 Å². The van der Waals surface area contributed by atoms with Crippen LogP contribution >= 0.6 is 0 Å². The predicted octanol–water partition coefficient (Wildman–Crippen LogP) is -0.0885. The first-order chi connectivity index (χ1) is 7.01. The molecule has 0 radical (unpaired) electrons. The highest BCUT2D eigenvalue weighted by atomic mass is 15.2. The average molecular weight is 122 g/mol. The van der Waals surface area contributed by atoms with Gasteiger partial charge in [0, 0.05) is 35.6 Å². The second-order valence-electron chi connectivity index (χ2n) is 1.36. The SMILES string of the molecule is [2H]C1N([2H])C([2H])([2H])C([2H])([2H])N(CC)C1([2H])[2H]. The lowest BCUT2D eigenvalue weighted by molar-refractivity contribution is 0.253. The Hall–Kier alpha value is -0.0800. The maximum absolute atomic E-state index is 7.59. The minimum atomic E-state index is -2.74. The summed E-state index contributed by atoms with van der Waals surface area (Å²) in [7, 11) is 0. The van der Waals surface area contributed by atoms with Crippen LogP contribution in [-0.2, 0) is 0 Å². The highest BCUT2D eigenvalue weighted by molar-refractivity contribution is 4.64. The van der Waals surface area contributed by atoms with Gasteiger partial charge in [0.1, 0.15) is 1.41 Å². The molecule has 1 rings (SSSR count). The van der Waals surface area contributed by atoms with Crippen LogP contribution in [0.4, 0.5) is 0 Å². The van der Waals surface area contributed by atoms with E-state index >= 15 is 0 Å². The minimum absolute atomic E-state index is 0.0408. The summed E-state index contributed by atoms with van der Waals surface area (Å²) < 4.78 is 60.1. The fourth-order valence-electron chi connectivity index (χ4n) is 0.423. The molecule has 1 saturated heterocycles. The Labute approximate surface area is 62.2 Å². The molecular weight excluding hydrogens is 100 g/mol. The van der Waals surface area contributed by atoms with E-state index in [1.807, 2.05) is 0 Å². The quantitative estimate of drug-likeness (QED) is 0.523. The summed E-state index contributed by atoms with van der Waals surface area (Å²) in [4.78, 5) is 0.642. The van der Waals surface area contributed by atoms with Crippen LogP contribution in [0.25, 0.3) is 0 Å². The lowest BCUT2D eigenvalue weighted by Gasteiger charge is -2.25. The number of piperazine rings is 1. The molecule has 0 aromatic heterocycles. The first-order valence-corrected chi connectivity index (χ1v) is 2.49. The molecule has 2 nitrogen and oxygen atoms in total. The first kappa shape index (κ1) is 1.50. The van der Waals surface area contributed by atoms with Crippen molar-refractivity contribution < 1.29 is 11.0 Å². The Bertz CT molecular complexity index is 280. The van der Waals surface area contributed by atoms with Crippen molar-refractivity contribution in [2.24, 2.45) is 0 Å². The number of hydrogen-bond acceptors (Lipinski definition) is 2. The maximum atomic E-state index is 7.59. The molecule has 0 spiro atoms. The summed E-state index contributed by atoms with van der Waals surface area (Å²) in [6, 6.07) is 0. The third-order valence-electron chi connectivity index (χ3n) is 0.844. The molecule has 2 heteroatoms. The number of nitrogens with zero attached hydrogens (tertiary/aromatic N) is 1. The molecule has 8 heavy (non-hydrogen) atoms. The van der Waals surface area contributed by atoms with Gasteiger partial charge in [-0.15, -0.1) is 0 Å². The molecule has 0 saturated carbocycles. The summed E-state index contributed by atoms with van der Waals surface area (Å²) in [5.41, 5.74) is 0. The van der Waals surface area contributed by atoms with Gasteiger partial charge in [-0.05, 0) is 6.54 Å². The molecule has 0 aliphatic carbocycles. The highest BCUT2D eigenvalue weighted by Crippen LogP contribution is 1.88. The Kier molecular flexibility index (Phi) is 0.570. The molecule has 1 aliphatic heterocycles. The van der Waals surface area contributed by atoms with Crippen LogP contribution in [0.5, 0.6) is 0 Å². The molecule has 1 atom stereocenters. The van der Waals surface area contributed by atoms with Crippen molar-refractivity contribution in [3.05, 3.63) is 0 Å². The van der Waals surface area contributed by atoms with Crippen LogP contribution < -0.4 is 5.31 Å². The van der Waals surface area contributed by atoms with Crippen LogP contribution in [-0.4, -0.2) is 37.5 Å². The van der Waals surface area contributed by atoms with Gasteiger partial charge in [0.25, 0.3) is 0 Å². The van der Waals surface area contributed by atoms with E-state index in [0.29, 0.717) is 4.90 Å². The molecule has 0 bridgehead atoms. The first-order valence-electron chi connectivity index (χ1n) is 6.52. The third-order valence-corrected chi connectivity index (χ3v) is 0.844. The summed E-state index contributed by atoms with van der Waals surface area (Å²) in [5, 5.41) is 0.0408. The van der Waals surface area contributed by atoms with E-state index in [-0.39, 0.29) is 11.9 Å². The monoisotopic (exact) mass is 122 g/mol. The van der Waals surface area contributed by atoms with Gasteiger partial charge in [-0.25, -0.2) is 0 Å². The van der Waals surface area contributed by atoms with Gasteiger partial charge in [-0.3, -0.25) is 0 Å².